The van der Waals surface area contributed by atoms with Crippen molar-refractivity contribution in [2.75, 3.05) is 0 Å². The van der Waals surface area contributed by atoms with E-state index in [0.717, 1.165) is 35.4 Å². The molecule has 0 radical (unpaired) electrons. The molecule has 0 fully saturated rings. The molecule has 1 amide bonds. The molecule has 1 aliphatic rings. The summed E-state index contributed by atoms with van der Waals surface area (Å²) in [6, 6.07) is 14.4. The van der Waals surface area contributed by atoms with Gasteiger partial charge in [0, 0.05) is 12.3 Å². The van der Waals surface area contributed by atoms with Crippen LogP contribution in [0, 0.1) is 5.92 Å². The Morgan fingerprint density at radius 3 is 2.57 bits per heavy atom. The number of carbonyl (C=O) groups excluding carboxylic acids is 1. The molecule has 0 spiro atoms. The topological polar surface area (TPSA) is 32.7 Å². The van der Waals surface area contributed by atoms with E-state index in [4.69, 9.17) is 5.10 Å². The molecule has 0 saturated heterocycles. The number of hydrazone groups is 1. The Bertz CT molecular complexity index is 675. The number of nitrogens with zero attached hydrogens (tertiary/aromatic N) is 2. The first-order valence-electron chi connectivity index (χ1n) is 8.24. The number of thiophene rings is 1. The molecule has 120 valence electrons. The van der Waals surface area contributed by atoms with Crippen molar-refractivity contribution in [1.82, 2.24) is 5.01 Å². The minimum atomic E-state index is 0.0152. The fraction of sp³-hybridized carbons (Fsp3) is 0.368. The van der Waals surface area contributed by atoms with Gasteiger partial charge in [0.2, 0.25) is 5.91 Å². The summed E-state index contributed by atoms with van der Waals surface area (Å²) in [6.45, 7) is 4.15. The number of benzene rings is 1. The zero-order valence-corrected chi connectivity index (χ0v) is 14.4. The lowest BCUT2D eigenvalue weighted by Crippen LogP contribution is -2.32. The zero-order chi connectivity index (χ0) is 16.2. The maximum atomic E-state index is 12.9. The highest BCUT2D eigenvalue weighted by molar-refractivity contribution is 7.12. The lowest BCUT2D eigenvalue weighted by atomic mass is 9.98. The van der Waals surface area contributed by atoms with Gasteiger partial charge in [-0.1, -0.05) is 50.2 Å². The maximum absolute atomic E-state index is 12.9. The molecule has 3 nitrogen and oxygen atoms in total. The van der Waals surface area contributed by atoms with Gasteiger partial charge < -0.3 is 0 Å². The van der Waals surface area contributed by atoms with E-state index in [1.807, 2.05) is 24.3 Å². The summed E-state index contributed by atoms with van der Waals surface area (Å²) in [5, 5.41) is 8.51. The van der Waals surface area contributed by atoms with Crippen molar-refractivity contribution >= 4 is 23.0 Å². The van der Waals surface area contributed by atoms with Crippen LogP contribution in [-0.2, 0) is 4.79 Å². The van der Waals surface area contributed by atoms with E-state index >= 15 is 0 Å². The highest BCUT2D eigenvalue weighted by Crippen LogP contribution is 2.35. The van der Waals surface area contributed by atoms with Gasteiger partial charge in [0.25, 0.3) is 0 Å². The van der Waals surface area contributed by atoms with Crippen LogP contribution in [0.25, 0.3) is 0 Å². The minimum Gasteiger partial charge on any atom is -0.273 e. The summed E-state index contributed by atoms with van der Waals surface area (Å²) >= 11 is 1.68. The van der Waals surface area contributed by atoms with Crippen LogP contribution < -0.4 is 0 Å². The Morgan fingerprint density at radius 2 is 1.96 bits per heavy atom. The van der Waals surface area contributed by atoms with E-state index in [9.17, 15) is 4.79 Å². The second kappa shape index (κ2) is 7.09. The fourth-order valence-electron chi connectivity index (χ4n) is 3.06. The van der Waals surface area contributed by atoms with Crippen LogP contribution in [0.5, 0.6) is 0 Å². The average molecular weight is 326 g/mol. The highest BCUT2D eigenvalue weighted by Gasteiger charge is 2.35. The van der Waals surface area contributed by atoms with Gasteiger partial charge in [-0.2, -0.15) is 5.10 Å². The van der Waals surface area contributed by atoms with Gasteiger partial charge in [0.1, 0.15) is 0 Å². The van der Waals surface area contributed by atoms with Crippen LogP contribution in [0.15, 0.2) is 52.9 Å². The summed E-state index contributed by atoms with van der Waals surface area (Å²) in [4.78, 5) is 14.1. The maximum Gasteiger partial charge on any atom is 0.246 e. The number of hydrogen-bond acceptors (Lipinski definition) is 3. The molecule has 0 saturated carbocycles. The van der Waals surface area contributed by atoms with E-state index in [-0.39, 0.29) is 17.9 Å². The van der Waals surface area contributed by atoms with Gasteiger partial charge >= 0.3 is 0 Å². The smallest absolute Gasteiger partial charge is 0.246 e. The molecular weight excluding hydrogens is 304 g/mol. The van der Waals surface area contributed by atoms with Gasteiger partial charge in [-0.25, -0.2) is 5.01 Å². The van der Waals surface area contributed by atoms with Gasteiger partial charge in [-0.3, -0.25) is 4.79 Å². The SMILES string of the molecule is CCC(CC)C(=O)N1N=C(c2cccs2)C[C@@H]1c1ccccc1. The highest BCUT2D eigenvalue weighted by atomic mass is 32.1. The zero-order valence-electron chi connectivity index (χ0n) is 13.6. The third kappa shape index (κ3) is 3.22. The molecule has 0 unspecified atom stereocenters. The largest absolute Gasteiger partial charge is 0.273 e. The Hall–Kier alpha value is -1.94. The third-order valence-electron chi connectivity index (χ3n) is 4.46. The van der Waals surface area contributed by atoms with Crippen LogP contribution in [0.4, 0.5) is 0 Å². The molecule has 0 aliphatic carbocycles. The number of carbonyl (C=O) groups is 1. The van der Waals surface area contributed by atoms with Crippen LogP contribution in [-0.4, -0.2) is 16.6 Å². The Morgan fingerprint density at radius 1 is 1.22 bits per heavy atom. The first kappa shape index (κ1) is 15.9. The standard InChI is InChI=1S/C19H22N2OS/c1-3-14(4-2)19(22)21-17(15-9-6-5-7-10-15)13-16(20-21)18-11-8-12-23-18/h5-12,14,17H,3-4,13H2,1-2H3/t17-/m1/s1. The number of hydrogen-bond donors (Lipinski definition) is 0. The van der Waals surface area contributed by atoms with Crippen LogP contribution >= 0.6 is 11.3 Å². The molecule has 4 heteroatoms. The molecule has 2 aromatic rings. The van der Waals surface area contributed by atoms with Gasteiger partial charge in [-0.05, 0) is 29.9 Å². The van der Waals surface area contributed by atoms with E-state index in [0.29, 0.717) is 0 Å². The summed E-state index contributed by atoms with van der Waals surface area (Å²) in [6.07, 6.45) is 2.50. The quantitative estimate of drug-likeness (QED) is 0.772. The molecule has 0 N–H and O–H groups in total. The van der Waals surface area contributed by atoms with Crippen molar-refractivity contribution in [1.29, 1.82) is 0 Å². The molecule has 2 heterocycles. The Balaban J connectivity index is 1.94. The first-order valence-corrected chi connectivity index (χ1v) is 9.11. The van der Waals surface area contributed by atoms with E-state index in [1.54, 1.807) is 16.3 Å². The van der Waals surface area contributed by atoms with Crippen molar-refractivity contribution in [2.24, 2.45) is 11.0 Å². The third-order valence-corrected chi connectivity index (χ3v) is 5.38. The predicted molar refractivity (Wildman–Crippen MR) is 95.6 cm³/mol. The van der Waals surface area contributed by atoms with E-state index < -0.39 is 0 Å². The average Bonchev–Trinajstić information content (AvgIpc) is 3.26. The fourth-order valence-corrected chi connectivity index (χ4v) is 3.79. The Labute approximate surface area is 141 Å². The number of amides is 1. The van der Waals surface area contributed by atoms with Crippen LogP contribution in [0.2, 0.25) is 0 Å². The van der Waals surface area contributed by atoms with Crippen molar-refractivity contribution in [2.45, 2.75) is 39.2 Å². The molecule has 1 atom stereocenters. The second-order valence-electron chi connectivity index (χ2n) is 5.85. The molecular formula is C19H22N2OS. The molecule has 1 aromatic carbocycles. The van der Waals surface area contributed by atoms with Gasteiger partial charge in [-0.15, -0.1) is 11.3 Å². The van der Waals surface area contributed by atoms with Crippen molar-refractivity contribution in [3.8, 4) is 0 Å². The molecule has 1 aliphatic heterocycles. The van der Waals surface area contributed by atoms with Gasteiger partial charge in [0.15, 0.2) is 0 Å². The monoisotopic (exact) mass is 326 g/mol. The molecule has 0 bridgehead atoms. The Kier molecular flexibility index (Phi) is 4.91. The molecule has 1 aromatic heterocycles. The van der Waals surface area contributed by atoms with Gasteiger partial charge in [0.05, 0.1) is 16.6 Å². The summed E-state index contributed by atoms with van der Waals surface area (Å²) in [5.74, 6) is 0.197. The van der Waals surface area contributed by atoms with Crippen molar-refractivity contribution in [3.05, 3.63) is 58.3 Å². The summed E-state index contributed by atoms with van der Waals surface area (Å²) in [5.41, 5.74) is 2.18. The summed E-state index contributed by atoms with van der Waals surface area (Å²) in [7, 11) is 0. The second-order valence-corrected chi connectivity index (χ2v) is 6.80. The van der Waals surface area contributed by atoms with E-state index in [2.05, 4.69) is 37.4 Å². The molecule has 23 heavy (non-hydrogen) atoms. The van der Waals surface area contributed by atoms with Crippen molar-refractivity contribution in [3.63, 3.8) is 0 Å². The first-order chi connectivity index (χ1) is 11.2. The molecule has 3 rings (SSSR count). The lowest BCUT2D eigenvalue weighted by molar-refractivity contribution is -0.137. The van der Waals surface area contributed by atoms with Crippen LogP contribution in [0.3, 0.4) is 0 Å². The number of rotatable bonds is 5. The minimum absolute atomic E-state index is 0.0152. The lowest BCUT2D eigenvalue weighted by Gasteiger charge is -2.25. The van der Waals surface area contributed by atoms with E-state index in [1.165, 1.54) is 0 Å². The van der Waals surface area contributed by atoms with Crippen molar-refractivity contribution < 1.29 is 4.79 Å². The summed E-state index contributed by atoms with van der Waals surface area (Å²) < 4.78 is 0. The normalized spacial score (nSPS) is 17.6. The predicted octanol–water partition coefficient (Wildman–Crippen LogP) is 4.86. The van der Waals surface area contributed by atoms with Crippen LogP contribution in [0.1, 0.15) is 49.6 Å².